The van der Waals surface area contributed by atoms with Gasteiger partial charge in [0.25, 0.3) is 0 Å². The zero-order valence-corrected chi connectivity index (χ0v) is 11.3. The van der Waals surface area contributed by atoms with Gasteiger partial charge in [0.15, 0.2) is 0 Å². The van der Waals surface area contributed by atoms with Crippen molar-refractivity contribution < 1.29 is 0 Å². The molecule has 17 heavy (non-hydrogen) atoms. The Hall–Kier alpha value is -0.670. The van der Waals surface area contributed by atoms with Crippen LogP contribution in [0.15, 0.2) is 23.7 Å². The van der Waals surface area contributed by atoms with E-state index in [1.165, 1.54) is 17.8 Å². The van der Waals surface area contributed by atoms with Gasteiger partial charge >= 0.3 is 0 Å². The lowest BCUT2D eigenvalue weighted by Gasteiger charge is -2.28. The summed E-state index contributed by atoms with van der Waals surface area (Å²) in [4.78, 5) is 4.39. The molecule has 1 aromatic rings. The normalized spacial score (nSPS) is 34.1. The molecule has 0 saturated heterocycles. The van der Waals surface area contributed by atoms with Crippen molar-refractivity contribution in [3.05, 3.63) is 28.7 Å². The second-order valence-corrected chi connectivity index (χ2v) is 6.42. The molecular weight excluding hydrogens is 228 g/mol. The third-order valence-corrected chi connectivity index (χ3v) is 5.27. The van der Waals surface area contributed by atoms with Crippen molar-refractivity contribution in [2.45, 2.75) is 38.8 Å². The van der Waals surface area contributed by atoms with Gasteiger partial charge in [0, 0.05) is 17.6 Å². The first kappa shape index (κ1) is 11.4. The predicted molar refractivity (Wildman–Crippen MR) is 72.0 cm³/mol. The highest BCUT2D eigenvalue weighted by Crippen LogP contribution is 2.45. The van der Waals surface area contributed by atoms with E-state index in [-0.39, 0.29) is 0 Å². The van der Waals surface area contributed by atoms with Crippen LogP contribution in [-0.4, -0.2) is 11.0 Å². The van der Waals surface area contributed by atoms with Crippen LogP contribution in [0.4, 0.5) is 0 Å². The lowest BCUT2D eigenvalue weighted by atomic mass is 9.87. The minimum atomic E-state index is 0.383. The molecule has 1 saturated carbocycles. The van der Waals surface area contributed by atoms with Gasteiger partial charge in [0.2, 0.25) is 0 Å². The first-order valence-corrected chi connectivity index (χ1v) is 7.46. The van der Waals surface area contributed by atoms with E-state index in [4.69, 9.17) is 0 Å². The molecule has 5 atom stereocenters. The van der Waals surface area contributed by atoms with Crippen LogP contribution in [0.1, 0.15) is 37.7 Å². The standard InChI is InChI=1S/C14H20N2S/c1-9(13-8-11-3-4-12(13)7-11)16-10(2)14-15-5-6-17-14/h3-6,9-13,16H,7-8H2,1-2H3. The van der Waals surface area contributed by atoms with Crippen LogP contribution in [-0.2, 0) is 0 Å². The van der Waals surface area contributed by atoms with Gasteiger partial charge in [-0.2, -0.15) is 0 Å². The molecule has 2 aliphatic rings. The molecule has 2 bridgehead atoms. The Morgan fingerprint density at radius 3 is 2.82 bits per heavy atom. The van der Waals surface area contributed by atoms with E-state index in [2.05, 4.69) is 41.7 Å². The molecule has 0 aliphatic heterocycles. The summed E-state index contributed by atoms with van der Waals surface area (Å²) < 4.78 is 0. The highest BCUT2D eigenvalue weighted by atomic mass is 32.1. The third-order valence-electron chi connectivity index (χ3n) is 4.31. The number of rotatable bonds is 4. The minimum absolute atomic E-state index is 0.383. The lowest BCUT2D eigenvalue weighted by molar-refractivity contribution is 0.307. The van der Waals surface area contributed by atoms with Gasteiger partial charge in [-0.05, 0) is 44.4 Å². The molecule has 0 aromatic carbocycles. The van der Waals surface area contributed by atoms with Crippen LogP contribution >= 0.6 is 11.3 Å². The number of fused-ring (bicyclic) bond motifs is 2. The summed E-state index contributed by atoms with van der Waals surface area (Å²) in [6.07, 6.45) is 9.51. The molecule has 2 aliphatic carbocycles. The average Bonchev–Trinajstić information content (AvgIpc) is 3.05. The summed E-state index contributed by atoms with van der Waals surface area (Å²) in [5.74, 6) is 2.52. The quantitative estimate of drug-likeness (QED) is 0.826. The summed E-state index contributed by atoms with van der Waals surface area (Å²) in [6, 6.07) is 0.974. The van der Waals surface area contributed by atoms with Crippen molar-refractivity contribution in [1.82, 2.24) is 10.3 Å². The number of nitrogens with one attached hydrogen (secondary N) is 1. The first-order valence-electron chi connectivity index (χ1n) is 6.58. The number of allylic oxidation sites excluding steroid dienone is 2. The zero-order valence-electron chi connectivity index (χ0n) is 10.5. The summed E-state index contributed by atoms with van der Waals surface area (Å²) >= 11 is 1.74. The van der Waals surface area contributed by atoms with Crippen LogP contribution in [0, 0.1) is 17.8 Å². The van der Waals surface area contributed by atoms with Gasteiger partial charge in [-0.15, -0.1) is 11.3 Å². The maximum atomic E-state index is 4.39. The minimum Gasteiger partial charge on any atom is -0.305 e. The fraction of sp³-hybridized carbons (Fsp3) is 0.643. The van der Waals surface area contributed by atoms with Gasteiger partial charge in [-0.25, -0.2) is 4.98 Å². The molecule has 3 rings (SSSR count). The molecule has 0 spiro atoms. The summed E-state index contributed by atoms with van der Waals surface area (Å²) in [5, 5.41) is 6.98. The Balaban J connectivity index is 1.60. The SMILES string of the molecule is CC(NC(C)C1CC2C=CC1C2)c1nccs1. The van der Waals surface area contributed by atoms with Crippen LogP contribution in [0.25, 0.3) is 0 Å². The molecule has 92 valence electrons. The monoisotopic (exact) mass is 248 g/mol. The fourth-order valence-corrected chi connectivity index (χ4v) is 4.09. The smallest absolute Gasteiger partial charge is 0.109 e. The first-order chi connectivity index (χ1) is 8.24. The molecular formula is C14H20N2S. The largest absolute Gasteiger partial charge is 0.305 e. The van der Waals surface area contributed by atoms with Gasteiger partial charge in [0.05, 0.1) is 6.04 Å². The fourth-order valence-electron chi connectivity index (χ4n) is 3.44. The van der Waals surface area contributed by atoms with E-state index < -0.39 is 0 Å². The van der Waals surface area contributed by atoms with Crippen LogP contribution in [0.3, 0.4) is 0 Å². The second kappa shape index (κ2) is 4.54. The molecule has 1 aromatic heterocycles. The molecule has 0 radical (unpaired) electrons. The molecule has 3 heteroatoms. The number of thiazole rings is 1. The molecule has 5 unspecified atom stereocenters. The molecule has 0 amide bonds. The van der Waals surface area contributed by atoms with E-state index >= 15 is 0 Å². The summed E-state index contributed by atoms with van der Waals surface area (Å²) in [7, 11) is 0. The Bertz CT molecular complexity index is 398. The molecule has 1 N–H and O–H groups in total. The van der Waals surface area contributed by atoms with Crippen molar-refractivity contribution in [2.75, 3.05) is 0 Å². The Morgan fingerprint density at radius 1 is 1.35 bits per heavy atom. The van der Waals surface area contributed by atoms with Gasteiger partial charge < -0.3 is 5.32 Å². The number of hydrogen-bond donors (Lipinski definition) is 1. The maximum Gasteiger partial charge on any atom is 0.109 e. The topological polar surface area (TPSA) is 24.9 Å². The number of aromatic nitrogens is 1. The Labute approximate surface area is 107 Å². The van der Waals surface area contributed by atoms with E-state index in [0.717, 1.165) is 17.8 Å². The highest BCUT2D eigenvalue weighted by molar-refractivity contribution is 7.09. The lowest BCUT2D eigenvalue weighted by Crippen LogP contribution is -2.37. The van der Waals surface area contributed by atoms with Crippen molar-refractivity contribution in [2.24, 2.45) is 17.8 Å². The van der Waals surface area contributed by atoms with Crippen molar-refractivity contribution >= 4 is 11.3 Å². The number of hydrogen-bond acceptors (Lipinski definition) is 3. The van der Waals surface area contributed by atoms with Crippen molar-refractivity contribution in [1.29, 1.82) is 0 Å². The summed E-state index contributed by atoms with van der Waals surface area (Å²) in [6.45, 7) is 4.56. The summed E-state index contributed by atoms with van der Waals surface area (Å²) in [5.41, 5.74) is 0. The maximum absolute atomic E-state index is 4.39. The zero-order chi connectivity index (χ0) is 11.8. The van der Waals surface area contributed by atoms with Gasteiger partial charge in [0.1, 0.15) is 5.01 Å². The van der Waals surface area contributed by atoms with Crippen molar-refractivity contribution in [3.63, 3.8) is 0 Å². The second-order valence-electron chi connectivity index (χ2n) is 5.49. The Kier molecular flexibility index (Phi) is 3.05. The van der Waals surface area contributed by atoms with Crippen LogP contribution in [0.5, 0.6) is 0 Å². The van der Waals surface area contributed by atoms with E-state index in [0.29, 0.717) is 12.1 Å². The van der Waals surface area contributed by atoms with Gasteiger partial charge in [-0.1, -0.05) is 12.2 Å². The van der Waals surface area contributed by atoms with Gasteiger partial charge in [-0.3, -0.25) is 0 Å². The molecule has 2 nitrogen and oxygen atoms in total. The van der Waals surface area contributed by atoms with E-state index in [1.54, 1.807) is 11.3 Å². The van der Waals surface area contributed by atoms with Crippen LogP contribution in [0.2, 0.25) is 0 Å². The molecule has 1 heterocycles. The predicted octanol–water partition coefficient (Wildman–Crippen LogP) is 3.39. The van der Waals surface area contributed by atoms with E-state index in [9.17, 15) is 0 Å². The Morgan fingerprint density at radius 2 is 2.24 bits per heavy atom. The van der Waals surface area contributed by atoms with Crippen LogP contribution < -0.4 is 5.32 Å². The van der Waals surface area contributed by atoms with E-state index in [1.807, 2.05) is 6.20 Å². The highest BCUT2D eigenvalue weighted by Gasteiger charge is 2.38. The van der Waals surface area contributed by atoms with Crippen molar-refractivity contribution in [3.8, 4) is 0 Å². The number of nitrogens with zero attached hydrogens (tertiary/aromatic N) is 1. The third kappa shape index (κ3) is 2.18. The molecule has 1 fully saturated rings. The average molecular weight is 248 g/mol.